The first-order valence-electron chi connectivity index (χ1n) is 4.54. The van der Waals surface area contributed by atoms with Gasteiger partial charge in [0, 0.05) is 19.7 Å². The Morgan fingerprint density at radius 1 is 1.81 bits per heavy atom. The van der Waals surface area contributed by atoms with Crippen LogP contribution in [0.15, 0.2) is 17.5 Å². The predicted octanol–water partition coefficient (Wildman–Crippen LogP) is 0.0221. The molecule has 0 radical (unpaired) electrons. The first-order chi connectivity index (χ1) is 7.63. The van der Waals surface area contributed by atoms with Gasteiger partial charge in [0.05, 0.1) is 19.1 Å². The molecule has 7 heteroatoms. The third kappa shape index (κ3) is 3.70. The van der Waals surface area contributed by atoms with Gasteiger partial charge in [-0.15, -0.1) is 0 Å². The summed E-state index contributed by atoms with van der Waals surface area (Å²) in [5, 5.41) is 8.90. The summed E-state index contributed by atoms with van der Waals surface area (Å²) in [6.45, 7) is 0. The number of aryl methyl sites for hydroxylation is 1. The van der Waals surface area contributed by atoms with Crippen molar-refractivity contribution in [3.05, 3.63) is 18.2 Å². The zero-order valence-electron chi connectivity index (χ0n) is 9.03. The third-order valence-corrected chi connectivity index (χ3v) is 1.83. The number of hydrogen-bond donors (Lipinski definition) is 1. The molecule has 1 aromatic heterocycles. The molecule has 1 rings (SSSR count). The Labute approximate surface area is 92.3 Å². The van der Waals surface area contributed by atoms with Crippen LogP contribution in [0, 0.1) is 0 Å². The minimum Gasteiger partial charge on any atom is -0.480 e. The van der Waals surface area contributed by atoms with E-state index in [1.165, 1.54) is 7.11 Å². The fourth-order valence-electron chi connectivity index (χ4n) is 1.12. The molecule has 0 fully saturated rings. The number of hydrogen-bond acceptors (Lipinski definition) is 5. The SMILES string of the molecule is COO/C=N/[C@@H](Cc1cn(C)cn1)C(=O)O. The third-order valence-electron chi connectivity index (χ3n) is 1.83. The lowest BCUT2D eigenvalue weighted by Crippen LogP contribution is -2.21. The lowest BCUT2D eigenvalue weighted by molar-refractivity contribution is -0.188. The quantitative estimate of drug-likeness (QED) is 0.320. The Morgan fingerprint density at radius 3 is 3.06 bits per heavy atom. The maximum Gasteiger partial charge on any atom is 0.328 e. The topological polar surface area (TPSA) is 85.9 Å². The molecule has 1 N–H and O–H groups in total. The molecule has 0 saturated heterocycles. The Hall–Kier alpha value is -1.89. The van der Waals surface area contributed by atoms with E-state index in [0.29, 0.717) is 5.69 Å². The van der Waals surface area contributed by atoms with Gasteiger partial charge in [-0.25, -0.2) is 14.8 Å². The minimum absolute atomic E-state index is 0.208. The Kier molecular flexibility index (Phi) is 4.46. The van der Waals surface area contributed by atoms with Crippen LogP contribution in [0.2, 0.25) is 0 Å². The van der Waals surface area contributed by atoms with Crippen molar-refractivity contribution in [2.45, 2.75) is 12.5 Å². The summed E-state index contributed by atoms with van der Waals surface area (Å²) in [7, 11) is 3.12. The normalized spacial score (nSPS) is 12.9. The van der Waals surface area contributed by atoms with Gasteiger partial charge in [0.15, 0.2) is 6.04 Å². The number of aliphatic carboxylic acids is 1. The van der Waals surface area contributed by atoms with E-state index in [-0.39, 0.29) is 6.42 Å². The van der Waals surface area contributed by atoms with Gasteiger partial charge in [0.2, 0.25) is 6.40 Å². The summed E-state index contributed by atoms with van der Waals surface area (Å²) in [4.78, 5) is 27.2. The molecule has 1 atom stereocenters. The molecule has 0 aliphatic heterocycles. The fourth-order valence-corrected chi connectivity index (χ4v) is 1.12. The van der Waals surface area contributed by atoms with E-state index < -0.39 is 12.0 Å². The average Bonchev–Trinajstić information content (AvgIpc) is 2.63. The van der Waals surface area contributed by atoms with Crippen molar-refractivity contribution >= 4 is 12.4 Å². The molecule has 88 valence electrons. The molecule has 0 aliphatic carbocycles. The number of aliphatic imine (C=N–C) groups is 1. The van der Waals surface area contributed by atoms with Crippen LogP contribution in [0.25, 0.3) is 0 Å². The molecule has 0 amide bonds. The fraction of sp³-hybridized carbons (Fsp3) is 0.444. The number of nitrogens with zero attached hydrogens (tertiary/aromatic N) is 3. The molecule has 16 heavy (non-hydrogen) atoms. The smallest absolute Gasteiger partial charge is 0.328 e. The lowest BCUT2D eigenvalue weighted by Gasteiger charge is -2.04. The Morgan fingerprint density at radius 2 is 2.56 bits per heavy atom. The van der Waals surface area contributed by atoms with Gasteiger partial charge in [0.25, 0.3) is 0 Å². The van der Waals surface area contributed by atoms with Crippen LogP contribution in [-0.4, -0.2) is 40.2 Å². The molecule has 1 aromatic rings. The zero-order chi connectivity index (χ0) is 12.0. The molecule has 0 unspecified atom stereocenters. The summed E-state index contributed by atoms with van der Waals surface area (Å²) >= 11 is 0. The van der Waals surface area contributed by atoms with Crippen LogP contribution in [0.1, 0.15) is 5.69 Å². The van der Waals surface area contributed by atoms with E-state index in [1.807, 2.05) is 7.05 Å². The molecule has 0 saturated carbocycles. The highest BCUT2D eigenvalue weighted by Gasteiger charge is 2.17. The first kappa shape index (κ1) is 12.2. The monoisotopic (exact) mass is 227 g/mol. The van der Waals surface area contributed by atoms with Crippen LogP contribution in [-0.2, 0) is 28.0 Å². The maximum absolute atomic E-state index is 10.9. The molecule has 1 heterocycles. The summed E-state index contributed by atoms with van der Waals surface area (Å²) < 4.78 is 1.74. The molecular weight excluding hydrogens is 214 g/mol. The van der Waals surface area contributed by atoms with Crippen molar-refractivity contribution in [1.82, 2.24) is 9.55 Å². The summed E-state index contributed by atoms with van der Waals surface area (Å²) in [6, 6.07) is -0.926. The van der Waals surface area contributed by atoms with Crippen molar-refractivity contribution < 1.29 is 19.7 Å². The molecule has 0 spiro atoms. The van der Waals surface area contributed by atoms with E-state index >= 15 is 0 Å². The zero-order valence-corrected chi connectivity index (χ0v) is 9.03. The summed E-state index contributed by atoms with van der Waals surface area (Å²) in [5.41, 5.74) is 0.657. The van der Waals surface area contributed by atoms with Crippen molar-refractivity contribution in [2.75, 3.05) is 7.11 Å². The highest BCUT2D eigenvalue weighted by Crippen LogP contribution is 2.03. The van der Waals surface area contributed by atoms with E-state index in [1.54, 1.807) is 17.1 Å². The number of rotatable bonds is 6. The highest BCUT2D eigenvalue weighted by atomic mass is 17.2. The van der Waals surface area contributed by atoms with Gasteiger partial charge in [0.1, 0.15) is 0 Å². The van der Waals surface area contributed by atoms with Crippen LogP contribution in [0.3, 0.4) is 0 Å². The molecular formula is C9H13N3O4. The second-order valence-electron chi connectivity index (χ2n) is 3.11. The molecule has 7 nitrogen and oxygen atoms in total. The van der Waals surface area contributed by atoms with E-state index in [2.05, 4.69) is 19.8 Å². The van der Waals surface area contributed by atoms with Crippen LogP contribution >= 0.6 is 0 Å². The van der Waals surface area contributed by atoms with Gasteiger partial charge in [-0.1, -0.05) is 0 Å². The van der Waals surface area contributed by atoms with Crippen molar-refractivity contribution in [3.63, 3.8) is 0 Å². The van der Waals surface area contributed by atoms with E-state index in [9.17, 15) is 4.79 Å². The number of carbonyl (C=O) groups is 1. The van der Waals surface area contributed by atoms with Crippen molar-refractivity contribution in [2.24, 2.45) is 12.0 Å². The van der Waals surface area contributed by atoms with Gasteiger partial charge in [-0.05, 0) is 0 Å². The predicted molar refractivity (Wildman–Crippen MR) is 54.9 cm³/mol. The average molecular weight is 227 g/mol. The highest BCUT2D eigenvalue weighted by molar-refractivity contribution is 5.75. The minimum atomic E-state index is -1.04. The second-order valence-corrected chi connectivity index (χ2v) is 3.11. The second kappa shape index (κ2) is 5.86. The standard InChI is InChI=1S/C9H13N3O4/c1-12-4-7(10-5-12)3-8(9(13)14)11-6-16-15-2/h4-6,8H,3H2,1-2H3,(H,13,14)/b11-6+/t8-/m0/s1. The van der Waals surface area contributed by atoms with Crippen LogP contribution in [0.4, 0.5) is 0 Å². The number of carboxylic acid groups (broad SMARTS) is 1. The number of imidazole rings is 1. The molecule has 0 aromatic carbocycles. The Bertz CT molecular complexity index is 375. The molecule has 0 bridgehead atoms. The van der Waals surface area contributed by atoms with Gasteiger partial charge < -0.3 is 14.6 Å². The first-order valence-corrected chi connectivity index (χ1v) is 4.54. The maximum atomic E-state index is 10.9. The summed E-state index contributed by atoms with van der Waals surface area (Å²) in [5.74, 6) is -1.04. The largest absolute Gasteiger partial charge is 0.480 e. The Balaban J connectivity index is 2.61. The lowest BCUT2D eigenvalue weighted by atomic mass is 10.2. The van der Waals surface area contributed by atoms with Crippen molar-refractivity contribution in [1.29, 1.82) is 0 Å². The molecule has 0 aliphatic rings. The van der Waals surface area contributed by atoms with E-state index in [0.717, 1.165) is 6.40 Å². The van der Waals surface area contributed by atoms with Gasteiger partial charge in [-0.3, -0.25) is 0 Å². The van der Waals surface area contributed by atoms with E-state index in [4.69, 9.17) is 5.11 Å². The van der Waals surface area contributed by atoms with Gasteiger partial charge >= 0.3 is 5.97 Å². The van der Waals surface area contributed by atoms with Crippen LogP contribution < -0.4 is 0 Å². The number of carboxylic acids is 1. The van der Waals surface area contributed by atoms with Crippen LogP contribution in [0.5, 0.6) is 0 Å². The van der Waals surface area contributed by atoms with Crippen molar-refractivity contribution in [3.8, 4) is 0 Å². The summed E-state index contributed by atoms with van der Waals surface area (Å²) in [6.07, 6.45) is 4.51. The number of aromatic nitrogens is 2. The van der Waals surface area contributed by atoms with Gasteiger partial charge in [-0.2, -0.15) is 4.89 Å².